The van der Waals surface area contributed by atoms with E-state index in [9.17, 15) is 4.79 Å². The van der Waals surface area contributed by atoms with Crippen molar-refractivity contribution in [2.75, 3.05) is 39.4 Å². The summed E-state index contributed by atoms with van der Waals surface area (Å²) >= 11 is 1.53. The van der Waals surface area contributed by atoms with Crippen molar-refractivity contribution >= 4 is 28.1 Å². The lowest BCUT2D eigenvalue weighted by Crippen LogP contribution is -2.38. The molecule has 1 aliphatic heterocycles. The molecule has 0 radical (unpaired) electrons. The van der Waals surface area contributed by atoms with E-state index in [0.29, 0.717) is 12.2 Å². The van der Waals surface area contributed by atoms with Gasteiger partial charge < -0.3 is 14.6 Å². The molecule has 3 heterocycles. The Bertz CT molecular complexity index is 959. The highest BCUT2D eigenvalue weighted by molar-refractivity contribution is 7.13. The van der Waals surface area contributed by atoms with E-state index in [-0.39, 0.29) is 5.91 Å². The number of thiazole rings is 1. The van der Waals surface area contributed by atoms with E-state index in [4.69, 9.17) is 4.74 Å². The zero-order valence-corrected chi connectivity index (χ0v) is 17.7. The number of morpholine rings is 1. The molecule has 0 saturated carbocycles. The van der Waals surface area contributed by atoms with Gasteiger partial charge >= 0.3 is 0 Å². The number of benzene rings is 1. The van der Waals surface area contributed by atoms with Crippen LogP contribution >= 0.6 is 11.3 Å². The summed E-state index contributed by atoms with van der Waals surface area (Å²) < 4.78 is 7.67. The van der Waals surface area contributed by atoms with Crippen LogP contribution < -0.4 is 5.32 Å². The zero-order valence-electron chi connectivity index (χ0n) is 16.9. The van der Waals surface area contributed by atoms with Crippen LogP contribution in [0.5, 0.6) is 0 Å². The zero-order chi connectivity index (χ0) is 20.1. The number of nitrogens with one attached hydrogen (secondary N) is 1. The van der Waals surface area contributed by atoms with Crippen LogP contribution in [0.25, 0.3) is 21.6 Å². The summed E-state index contributed by atoms with van der Waals surface area (Å²) in [5, 5.41) is 6.98. The van der Waals surface area contributed by atoms with Crippen LogP contribution in [-0.4, -0.2) is 59.8 Å². The van der Waals surface area contributed by atoms with Crippen molar-refractivity contribution in [3.8, 4) is 10.7 Å². The quantitative estimate of drug-likeness (QED) is 0.574. The summed E-state index contributed by atoms with van der Waals surface area (Å²) in [6.45, 7) is 8.35. The Labute approximate surface area is 175 Å². The third-order valence-corrected chi connectivity index (χ3v) is 6.12. The minimum atomic E-state index is -0.0902. The molecule has 1 saturated heterocycles. The molecule has 1 N–H and O–H groups in total. The number of hydrogen-bond donors (Lipinski definition) is 1. The molecule has 4 rings (SSSR count). The van der Waals surface area contributed by atoms with Crippen molar-refractivity contribution in [2.24, 2.45) is 0 Å². The predicted octanol–water partition coefficient (Wildman–Crippen LogP) is 3.63. The van der Waals surface area contributed by atoms with Gasteiger partial charge in [0, 0.05) is 42.5 Å². The summed E-state index contributed by atoms with van der Waals surface area (Å²) in [6, 6.07) is 10.6. The molecule has 7 heteroatoms. The van der Waals surface area contributed by atoms with Crippen LogP contribution in [0.4, 0.5) is 0 Å². The number of carbonyl (C=O) groups excluding carboxylic acids is 1. The van der Waals surface area contributed by atoms with Crippen molar-refractivity contribution in [1.82, 2.24) is 19.8 Å². The Morgan fingerprint density at radius 1 is 1.24 bits per heavy atom. The maximum Gasteiger partial charge on any atom is 0.270 e. The normalized spacial score (nSPS) is 15.1. The summed E-state index contributed by atoms with van der Waals surface area (Å²) in [5.41, 5.74) is 2.81. The van der Waals surface area contributed by atoms with E-state index >= 15 is 0 Å². The predicted molar refractivity (Wildman–Crippen MR) is 118 cm³/mol. The van der Waals surface area contributed by atoms with Crippen molar-refractivity contribution < 1.29 is 9.53 Å². The molecule has 29 heavy (non-hydrogen) atoms. The minimum absolute atomic E-state index is 0.0902. The molecule has 3 aromatic rings. The maximum atomic E-state index is 12.5. The SMILES string of the molecule is CCCn1c(-c2nc(C(=O)NCCCN3CCOCC3)cs2)cc2ccccc21. The lowest BCUT2D eigenvalue weighted by Gasteiger charge is -2.26. The molecule has 1 fully saturated rings. The van der Waals surface area contributed by atoms with Crippen LogP contribution in [0.3, 0.4) is 0 Å². The molecule has 2 aromatic heterocycles. The standard InChI is InChI=1S/C22H28N4O2S/c1-2-9-26-19-7-4-3-6-17(19)15-20(26)22-24-18(16-29-22)21(27)23-8-5-10-25-11-13-28-14-12-25/h3-4,6-7,15-16H,2,5,8-14H2,1H3,(H,23,27). The first-order valence-corrected chi connectivity index (χ1v) is 11.3. The minimum Gasteiger partial charge on any atom is -0.379 e. The molecule has 0 atom stereocenters. The van der Waals surface area contributed by atoms with Gasteiger partial charge in [-0.15, -0.1) is 11.3 Å². The third-order valence-electron chi connectivity index (χ3n) is 5.25. The van der Waals surface area contributed by atoms with Crippen LogP contribution in [0.1, 0.15) is 30.3 Å². The molecular formula is C22H28N4O2S. The van der Waals surface area contributed by atoms with Gasteiger partial charge in [0.15, 0.2) is 0 Å². The number of para-hydroxylation sites is 1. The third kappa shape index (κ3) is 4.69. The number of aromatic nitrogens is 2. The van der Waals surface area contributed by atoms with Gasteiger partial charge in [-0.1, -0.05) is 25.1 Å². The molecular weight excluding hydrogens is 384 g/mol. The highest BCUT2D eigenvalue weighted by Crippen LogP contribution is 2.30. The van der Waals surface area contributed by atoms with Crippen molar-refractivity contribution in [3.05, 3.63) is 41.4 Å². The van der Waals surface area contributed by atoms with Gasteiger partial charge in [0.25, 0.3) is 5.91 Å². The average molecular weight is 413 g/mol. The molecule has 154 valence electrons. The number of nitrogens with zero attached hydrogens (tertiary/aromatic N) is 3. The lowest BCUT2D eigenvalue weighted by atomic mass is 10.2. The summed E-state index contributed by atoms with van der Waals surface area (Å²) in [5.74, 6) is -0.0902. The Balaban J connectivity index is 1.39. The van der Waals surface area contributed by atoms with Crippen LogP contribution in [0, 0.1) is 0 Å². The molecule has 0 aliphatic carbocycles. The molecule has 1 amide bonds. The highest BCUT2D eigenvalue weighted by atomic mass is 32.1. The number of fused-ring (bicyclic) bond motifs is 1. The monoisotopic (exact) mass is 412 g/mol. The molecule has 0 spiro atoms. The fourth-order valence-electron chi connectivity index (χ4n) is 3.77. The van der Waals surface area contributed by atoms with Gasteiger partial charge in [-0.2, -0.15) is 0 Å². The fraction of sp³-hybridized carbons (Fsp3) is 0.455. The summed E-state index contributed by atoms with van der Waals surface area (Å²) in [4.78, 5) is 19.5. The highest BCUT2D eigenvalue weighted by Gasteiger charge is 2.16. The second-order valence-corrected chi connectivity index (χ2v) is 8.20. The smallest absolute Gasteiger partial charge is 0.270 e. The largest absolute Gasteiger partial charge is 0.379 e. The number of carbonyl (C=O) groups is 1. The topological polar surface area (TPSA) is 59.4 Å². The van der Waals surface area contributed by atoms with Crippen LogP contribution in [0.2, 0.25) is 0 Å². The van der Waals surface area contributed by atoms with E-state index in [1.54, 1.807) is 0 Å². The Kier molecular flexibility index (Phi) is 6.59. The first-order valence-electron chi connectivity index (χ1n) is 10.4. The average Bonchev–Trinajstić information content (AvgIpc) is 3.38. The second kappa shape index (κ2) is 9.52. The van der Waals surface area contributed by atoms with Crippen LogP contribution in [-0.2, 0) is 11.3 Å². The van der Waals surface area contributed by atoms with Crippen molar-refractivity contribution in [2.45, 2.75) is 26.3 Å². The van der Waals surface area contributed by atoms with Crippen molar-refractivity contribution in [3.63, 3.8) is 0 Å². The molecule has 0 unspecified atom stereocenters. The molecule has 1 aromatic carbocycles. The van der Waals surface area contributed by atoms with E-state index < -0.39 is 0 Å². The van der Waals surface area contributed by atoms with Gasteiger partial charge in [0.1, 0.15) is 10.7 Å². The molecule has 6 nitrogen and oxygen atoms in total. The fourth-order valence-corrected chi connectivity index (χ4v) is 4.59. The van der Waals surface area contributed by atoms with Gasteiger partial charge in [0.05, 0.1) is 18.9 Å². The summed E-state index contributed by atoms with van der Waals surface area (Å²) in [6.07, 6.45) is 1.99. The number of hydrogen-bond acceptors (Lipinski definition) is 5. The Morgan fingerprint density at radius 2 is 2.07 bits per heavy atom. The Hall–Kier alpha value is -2.22. The van der Waals surface area contributed by atoms with E-state index in [2.05, 4.69) is 57.0 Å². The first-order chi connectivity index (χ1) is 14.3. The van der Waals surface area contributed by atoms with E-state index in [1.165, 1.54) is 22.2 Å². The molecule has 0 bridgehead atoms. The maximum absolute atomic E-state index is 12.5. The summed E-state index contributed by atoms with van der Waals surface area (Å²) in [7, 11) is 0. The van der Waals surface area contributed by atoms with E-state index in [0.717, 1.165) is 62.9 Å². The van der Waals surface area contributed by atoms with Gasteiger partial charge in [-0.25, -0.2) is 4.98 Å². The Morgan fingerprint density at radius 3 is 2.90 bits per heavy atom. The van der Waals surface area contributed by atoms with Gasteiger partial charge in [-0.3, -0.25) is 9.69 Å². The number of aryl methyl sites for hydroxylation is 1. The number of amides is 1. The number of ether oxygens (including phenoxy) is 1. The van der Waals surface area contributed by atoms with E-state index in [1.807, 2.05) is 5.38 Å². The van der Waals surface area contributed by atoms with Crippen molar-refractivity contribution in [1.29, 1.82) is 0 Å². The van der Waals surface area contributed by atoms with Crippen LogP contribution in [0.15, 0.2) is 35.7 Å². The lowest BCUT2D eigenvalue weighted by molar-refractivity contribution is 0.0374. The number of rotatable bonds is 8. The molecule has 1 aliphatic rings. The second-order valence-electron chi connectivity index (χ2n) is 7.34. The van der Waals surface area contributed by atoms with Gasteiger partial charge in [0.2, 0.25) is 0 Å². The first kappa shape index (κ1) is 20.1. The van der Waals surface area contributed by atoms with Gasteiger partial charge in [-0.05, 0) is 31.5 Å².